The zero-order valence-electron chi connectivity index (χ0n) is 8.79. The van der Waals surface area contributed by atoms with Crippen molar-refractivity contribution in [1.29, 1.82) is 0 Å². The third kappa shape index (κ3) is 1.32. The van der Waals surface area contributed by atoms with Crippen molar-refractivity contribution in [3.05, 3.63) is 58.0 Å². The molecule has 0 N–H and O–H groups in total. The molecule has 4 heteroatoms. The zero-order valence-corrected chi connectivity index (χ0v) is 8.79. The first-order chi connectivity index (χ1) is 8.31. The third-order valence-electron chi connectivity index (χ3n) is 2.87. The van der Waals surface area contributed by atoms with Crippen LogP contribution in [0.2, 0.25) is 0 Å². The maximum atomic E-state index is 11.9. The average molecular weight is 221 g/mol. The van der Waals surface area contributed by atoms with Gasteiger partial charge in [-0.15, -0.1) is 0 Å². The van der Waals surface area contributed by atoms with Gasteiger partial charge in [-0.1, -0.05) is 41.5 Å². The second kappa shape index (κ2) is 3.47. The summed E-state index contributed by atoms with van der Waals surface area (Å²) in [7, 11) is 0. The van der Waals surface area contributed by atoms with Crippen LogP contribution in [-0.2, 0) is 0 Å². The van der Waals surface area contributed by atoms with Crippen LogP contribution in [0.5, 0.6) is 0 Å². The Labute approximate surface area is 96.8 Å². The van der Waals surface area contributed by atoms with Crippen LogP contribution in [0.15, 0.2) is 41.5 Å². The molecule has 0 aliphatic heterocycles. The van der Waals surface area contributed by atoms with Crippen LogP contribution in [0.3, 0.4) is 0 Å². The van der Waals surface area contributed by atoms with E-state index >= 15 is 0 Å². The molecule has 0 saturated carbocycles. The minimum absolute atomic E-state index is 0.114. The molecule has 0 saturated heterocycles. The molecular formula is C13H7N3O. The largest absolute Gasteiger partial charge is 0.289 e. The molecule has 1 aliphatic carbocycles. The molecule has 2 aromatic carbocycles. The normalized spacial score (nSPS) is 12.6. The fourth-order valence-electron chi connectivity index (χ4n) is 2.17. The first-order valence-corrected chi connectivity index (χ1v) is 5.14. The summed E-state index contributed by atoms with van der Waals surface area (Å²) in [6.45, 7) is 0. The lowest BCUT2D eigenvalue weighted by Crippen LogP contribution is -2.01. The van der Waals surface area contributed by atoms with E-state index < -0.39 is 0 Å². The lowest BCUT2D eigenvalue weighted by atomic mass is 9.91. The fraction of sp³-hybridized carbons (Fsp3) is 0. The van der Waals surface area contributed by atoms with Gasteiger partial charge in [0.25, 0.3) is 0 Å². The fourth-order valence-corrected chi connectivity index (χ4v) is 2.17. The minimum Gasteiger partial charge on any atom is -0.289 e. The van der Waals surface area contributed by atoms with E-state index in [2.05, 4.69) is 10.0 Å². The Bertz CT molecular complexity index is 725. The van der Waals surface area contributed by atoms with Gasteiger partial charge in [-0.25, -0.2) is 0 Å². The quantitative estimate of drug-likeness (QED) is 0.408. The number of hydrogen-bond donors (Lipinski definition) is 0. The Kier molecular flexibility index (Phi) is 1.97. The second-order valence-corrected chi connectivity index (χ2v) is 3.79. The van der Waals surface area contributed by atoms with Crippen molar-refractivity contribution in [2.75, 3.05) is 0 Å². The summed E-state index contributed by atoms with van der Waals surface area (Å²) in [4.78, 5) is 14.7. The predicted molar refractivity (Wildman–Crippen MR) is 66.1 cm³/mol. The maximum absolute atomic E-state index is 11.9. The first-order valence-electron chi connectivity index (χ1n) is 5.14. The molecule has 2 aromatic rings. The van der Waals surface area contributed by atoms with Crippen LogP contribution in [0.25, 0.3) is 27.3 Å². The number of ketones is 1. The number of benzene rings is 2. The number of allylic oxidation sites excluding steroid dienone is 1. The van der Waals surface area contributed by atoms with Crippen LogP contribution in [0.1, 0.15) is 15.9 Å². The molecule has 80 valence electrons. The van der Waals surface area contributed by atoms with Gasteiger partial charge in [-0.05, 0) is 22.6 Å². The monoisotopic (exact) mass is 221 g/mol. The molecule has 0 aromatic heterocycles. The Morgan fingerprint density at radius 3 is 2.82 bits per heavy atom. The van der Waals surface area contributed by atoms with Crippen molar-refractivity contribution in [1.82, 2.24) is 0 Å². The smallest absolute Gasteiger partial charge is 0.186 e. The summed E-state index contributed by atoms with van der Waals surface area (Å²) in [5.74, 6) is -0.114. The SMILES string of the molecule is [N-]=[N+]=Nc1ccc2cccc3c2c1C(=O)C=C3. The van der Waals surface area contributed by atoms with Crippen molar-refractivity contribution in [2.45, 2.75) is 0 Å². The van der Waals surface area contributed by atoms with E-state index in [1.807, 2.05) is 24.3 Å². The predicted octanol–water partition coefficient (Wildman–Crippen LogP) is 3.99. The van der Waals surface area contributed by atoms with Crippen LogP contribution in [0.4, 0.5) is 5.69 Å². The van der Waals surface area contributed by atoms with Crippen molar-refractivity contribution in [2.24, 2.45) is 5.11 Å². The molecule has 0 radical (unpaired) electrons. The number of rotatable bonds is 1. The molecule has 0 heterocycles. The first kappa shape index (κ1) is 9.63. The highest BCUT2D eigenvalue weighted by Gasteiger charge is 2.17. The van der Waals surface area contributed by atoms with Gasteiger partial charge in [0, 0.05) is 21.5 Å². The van der Waals surface area contributed by atoms with E-state index in [0.717, 1.165) is 16.3 Å². The van der Waals surface area contributed by atoms with Crippen LogP contribution >= 0.6 is 0 Å². The highest BCUT2D eigenvalue weighted by molar-refractivity contribution is 6.22. The standard InChI is InChI=1S/C13H7N3O/c14-16-15-10-6-4-8-2-1-3-9-5-7-11(17)13(10)12(8)9/h1-7H. The molecule has 3 rings (SSSR count). The van der Waals surface area contributed by atoms with Crippen LogP contribution in [0, 0.1) is 0 Å². The van der Waals surface area contributed by atoms with Crippen LogP contribution < -0.4 is 0 Å². The molecule has 1 aliphatic rings. The Morgan fingerprint density at radius 2 is 2.00 bits per heavy atom. The van der Waals surface area contributed by atoms with Crippen LogP contribution in [-0.4, -0.2) is 5.78 Å². The lowest BCUT2D eigenvalue weighted by Gasteiger charge is -2.13. The van der Waals surface area contributed by atoms with Gasteiger partial charge in [0.15, 0.2) is 5.78 Å². The van der Waals surface area contributed by atoms with E-state index in [1.165, 1.54) is 6.08 Å². The molecular weight excluding hydrogens is 214 g/mol. The molecule has 0 bridgehead atoms. The average Bonchev–Trinajstić information content (AvgIpc) is 2.35. The van der Waals surface area contributed by atoms with Gasteiger partial charge < -0.3 is 0 Å². The zero-order chi connectivity index (χ0) is 11.8. The molecule has 0 amide bonds. The molecule has 0 atom stereocenters. The van der Waals surface area contributed by atoms with Gasteiger partial charge in [-0.2, -0.15) is 0 Å². The Hall–Kier alpha value is -2.58. The Morgan fingerprint density at radius 1 is 1.12 bits per heavy atom. The highest BCUT2D eigenvalue weighted by Crippen LogP contribution is 2.34. The summed E-state index contributed by atoms with van der Waals surface area (Å²) in [6, 6.07) is 9.36. The number of carbonyl (C=O) groups excluding carboxylic acids is 1. The van der Waals surface area contributed by atoms with E-state index in [0.29, 0.717) is 11.3 Å². The summed E-state index contributed by atoms with van der Waals surface area (Å²) >= 11 is 0. The number of nitrogens with zero attached hydrogens (tertiary/aromatic N) is 3. The number of hydrogen-bond acceptors (Lipinski definition) is 2. The molecule has 0 spiro atoms. The van der Waals surface area contributed by atoms with Crippen molar-refractivity contribution in [3.63, 3.8) is 0 Å². The number of carbonyl (C=O) groups is 1. The summed E-state index contributed by atoms with van der Waals surface area (Å²) < 4.78 is 0. The van der Waals surface area contributed by atoms with E-state index in [9.17, 15) is 4.79 Å². The van der Waals surface area contributed by atoms with Gasteiger partial charge >= 0.3 is 0 Å². The second-order valence-electron chi connectivity index (χ2n) is 3.79. The van der Waals surface area contributed by atoms with Gasteiger partial charge in [0.05, 0.1) is 0 Å². The maximum Gasteiger partial charge on any atom is 0.186 e. The van der Waals surface area contributed by atoms with Gasteiger partial charge in [-0.3, -0.25) is 4.79 Å². The molecule has 17 heavy (non-hydrogen) atoms. The van der Waals surface area contributed by atoms with E-state index in [4.69, 9.17) is 5.53 Å². The van der Waals surface area contributed by atoms with Crippen molar-refractivity contribution >= 4 is 28.3 Å². The van der Waals surface area contributed by atoms with Gasteiger partial charge in [0.1, 0.15) is 0 Å². The third-order valence-corrected chi connectivity index (χ3v) is 2.87. The van der Waals surface area contributed by atoms with E-state index in [-0.39, 0.29) is 5.78 Å². The Balaban J connectivity index is 2.53. The van der Waals surface area contributed by atoms with E-state index in [1.54, 1.807) is 12.1 Å². The molecule has 0 fully saturated rings. The van der Waals surface area contributed by atoms with Gasteiger partial charge in [0.2, 0.25) is 0 Å². The highest BCUT2D eigenvalue weighted by atomic mass is 16.1. The summed E-state index contributed by atoms with van der Waals surface area (Å²) in [5, 5.41) is 5.42. The molecule has 4 nitrogen and oxygen atoms in total. The minimum atomic E-state index is -0.114. The summed E-state index contributed by atoms with van der Waals surface area (Å²) in [5.41, 5.74) is 10.4. The van der Waals surface area contributed by atoms with Crippen molar-refractivity contribution in [3.8, 4) is 0 Å². The number of azide groups is 1. The van der Waals surface area contributed by atoms with Crippen molar-refractivity contribution < 1.29 is 4.79 Å². The lowest BCUT2D eigenvalue weighted by molar-refractivity contribution is 0.104. The topological polar surface area (TPSA) is 65.8 Å². The molecule has 0 unspecified atom stereocenters. The summed E-state index contributed by atoms with van der Waals surface area (Å²) in [6.07, 6.45) is 3.30.